The Morgan fingerprint density at radius 3 is 2.71 bits per heavy atom. The predicted molar refractivity (Wildman–Crippen MR) is 103 cm³/mol. The van der Waals surface area contributed by atoms with Gasteiger partial charge in [0.25, 0.3) is 5.91 Å². The Bertz CT molecular complexity index is 973. The summed E-state index contributed by atoms with van der Waals surface area (Å²) in [5, 5.41) is 11.0. The minimum absolute atomic E-state index is 0.222. The Balaban J connectivity index is 1.41. The molecular formula is C20H19FN4O2S. The predicted octanol–water partition coefficient (Wildman–Crippen LogP) is 3.34. The number of fused-ring (bicyclic) bond motifs is 1. The molecule has 1 aliphatic heterocycles. The average molecular weight is 398 g/mol. The third-order valence-corrected chi connectivity index (χ3v) is 5.41. The van der Waals surface area contributed by atoms with Gasteiger partial charge in [-0.1, -0.05) is 29.5 Å². The summed E-state index contributed by atoms with van der Waals surface area (Å²) in [4.78, 5) is 13.7. The standard InChI is InChI=1S/C20H19FN4O2S/c1-28-16-8-2-13(3-9-16)10-22-20(26)19-17-12-27-18(11-25(17)24-23-19)14-4-6-15(21)7-5-14/h2-9,18H,10-12H2,1H3,(H,22,26)/t18-/m1/s1. The quantitative estimate of drug-likeness (QED) is 0.668. The number of nitrogens with one attached hydrogen (secondary N) is 1. The molecule has 144 valence electrons. The van der Waals surface area contributed by atoms with E-state index in [-0.39, 0.29) is 30.1 Å². The Labute approximate surface area is 166 Å². The Kier molecular flexibility index (Phi) is 5.40. The molecule has 2 heterocycles. The number of benzene rings is 2. The average Bonchev–Trinajstić information content (AvgIpc) is 3.16. The molecule has 1 atom stereocenters. The smallest absolute Gasteiger partial charge is 0.274 e. The maximum Gasteiger partial charge on any atom is 0.274 e. The highest BCUT2D eigenvalue weighted by Crippen LogP contribution is 2.27. The van der Waals surface area contributed by atoms with Crippen LogP contribution in [0.5, 0.6) is 0 Å². The van der Waals surface area contributed by atoms with Crippen LogP contribution in [0.25, 0.3) is 0 Å². The fourth-order valence-electron chi connectivity index (χ4n) is 3.08. The zero-order valence-corrected chi connectivity index (χ0v) is 16.1. The van der Waals surface area contributed by atoms with E-state index in [1.54, 1.807) is 28.6 Å². The van der Waals surface area contributed by atoms with Crippen LogP contribution in [0.3, 0.4) is 0 Å². The molecule has 4 rings (SSSR count). The van der Waals surface area contributed by atoms with Crippen molar-refractivity contribution < 1.29 is 13.9 Å². The summed E-state index contributed by atoms with van der Waals surface area (Å²) in [6, 6.07) is 14.2. The van der Waals surface area contributed by atoms with Crippen LogP contribution in [-0.2, 0) is 24.4 Å². The van der Waals surface area contributed by atoms with Crippen molar-refractivity contribution in [2.75, 3.05) is 6.26 Å². The van der Waals surface area contributed by atoms with Gasteiger partial charge in [-0.05, 0) is 41.6 Å². The van der Waals surface area contributed by atoms with Gasteiger partial charge < -0.3 is 10.1 Å². The molecule has 6 nitrogen and oxygen atoms in total. The van der Waals surface area contributed by atoms with Crippen molar-refractivity contribution >= 4 is 17.7 Å². The van der Waals surface area contributed by atoms with Crippen molar-refractivity contribution in [2.45, 2.75) is 30.7 Å². The van der Waals surface area contributed by atoms with Crippen LogP contribution in [0.1, 0.15) is 33.4 Å². The maximum absolute atomic E-state index is 13.1. The monoisotopic (exact) mass is 398 g/mol. The highest BCUT2D eigenvalue weighted by Gasteiger charge is 2.27. The van der Waals surface area contributed by atoms with Crippen LogP contribution >= 0.6 is 11.8 Å². The number of ether oxygens (including phenoxy) is 1. The highest BCUT2D eigenvalue weighted by molar-refractivity contribution is 7.98. The number of thioether (sulfide) groups is 1. The minimum Gasteiger partial charge on any atom is -0.365 e. The van der Waals surface area contributed by atoms with E-state index in [1.165, 1.54) is 17.0 Å². The van der Waals surface area contributed by atoms with Gasteiger partial charge in [0.05, 0.1) is 18.8 Å². The lowest BCUT2D eigenvalue weighted by molar-refractivity contribution is -0.00180. The summed E-state index contributed by atoms with van der Waals surface area (Å²) in [6.45, 7) is 1.07. The van der Waals surface area contributed by atoms with E-state index >= 15 is 0 Å². The van der Waals surface area contributed by atoms with E-state index in [2.05, 4.69) is 15.6 Å². The molecule has 1 aromatic heterocycles. The van der Waals surface area contributed by atoms with Crippen LogP contribution in [0.2, 0.25) is 0 Å². The van der Waals surface area contributed by atoms with Gasteiger partial charge in [-0.15, -0.1) is 16.9 Å². The van der Waals surface area contributed by atoms with Gasteiger partial charge in [-0.3, -0.25) is 4.79 Å². The zero-order chi connectivity index (χ0) is 19.5. The molecule has 0 radical (unpaired) electrons. The fourth-order valence-corrected chi connectivity index (χ4v) is 3.48. The molecule has 1 amide bonds. The van der Waals surface area contributed by atoms with Gasteiger partial charge in [-0.2, -0.15) is 0 Å². The van der Waals surface area contributed by atoms with E-state index < -0.39 is 0 Å². The molecule has 0 saturated heterocycles. The van der Waals surface area contributed by atoms with Gasteiger partial charge in [0.2, 0.25) is 0 Å². The van der Waals surface area contributed by atoms with E-state index in [9.17, 15) is 9.18 Å². The molecule has 0 saturated carbocycles. The topological polar surface area (TPSA) is 69.0 Å². The Hall–Kier alpha value is -2.71. The molecule has 0 spiro atoms. The summed E-state index contributed by atoms with van der Waals surface area (Å²) in [7, 11) is 0. The van der Waals surface area contributed by atoms with Crippen LogP contribution in [0.15, 0.2) is 53.4 Å². The number of carbonyl (C=O) groups excluding carboxylic acids is 1. The van der Waals surface area contributed by atoms with Crippen LogP contribution in [0, 0.1) is 5.82 Å². The number of amides is 1. The van der Waals surface area contributed by atoms with Gasteiger partial charge in [-0.25, -0.2) is 9.07 Å². The van der Waals surface area contributed by atoms with Gasteiger partial charge in [0, 0.05) is 11.4 Å². The van der Waals surface area contributed by atoms with Crippen LogP contribution in [-0.4, -0.2) is 27.2 Å². The molecule has 0 fully saturated rings. The Morgan fingerprint density at radius 1 is 1.25 bits per heavy atom. The highest BCUT2D eigenvalue weighted by atomic mass is 32.2. The number of carbonyl (C=O) groups is 1. The van der Waals surface area contributed by atoms with E-state index in [1.807, 2.05) is 30.5 Å². The molecule has 0 bridgehead atoms. The van der Waals surface area contributed by atoms with Crippen molar-refractivity contribution in [2.24, 2.45) is 0 Å². The first-order valence-electron chi connectivity index (χ1n) is 8.84. The molecule has 3 aromatic rings. The Morgan fingerprint density at radius 2 is 2.00 bits per heavy atom. The van der Waals surface area contributed by atoms with Crippen molar-refractivity contribution in [3.63, 3.8) is 0 Å². The minimum atomic E-state index is -0.289. The normalized spacial score (nSPS) is 15.9. The van der Waals surface area contributed by atoms with Crippen molar-refractivity contribution in [1.82, 2.24) is 20.3 Å². The molecule has 2 aromatic carbocycles. The molecule has 0 aliphatic carbocycles. The summed E-state index contributed by atoms with van der Waals surface area (Å²) in [6.07, 6.45) is 1.77. The second kappa shape index (κ2) is 8.12. The third kappa shape index (κ3) is 3.93. The first-order valence-corrected chi connectivity index (χ1v) is 10.1. The number of hydrogen-bond donors (Lipinski definition) is 1. The van der Waals surface area contributed by atoms with Crippen molar-refractivity contribution in [3.05, 3.63) is 76.9 Å². The molecule has 1 aliphatic rings. The summed E-state index contributed by atoms with van der Waals surface area (Å²) >= 11 is 1.67. The zero-order valence-electron chi connectivity index (χ0n) is 15.3. The second-order valence-corrected chi connectivity index (χ2v) is 7.33. The second-order valence-electron chi connectivity index (χ2n) is 6.45. The number of rotatable bonds is 5. The van der Waals surface area contributed by atoms with E-state index in [0.717, 1.165) is 11.1 Å². The number of nitrogens with zero attached hydrogens (tertiary/aromatic N) is 3. The summed E-state index contributed by atoms with van der Waals surface area (Å²) in [5.74, 6) is -0.568. The summed E-state index contributed by atoms with van der Waals surface area (Å²) in [5.41, 5.74) is 2.80. The van der Waals surface area contributed by atoms with Gasteiger partial charge in [0.15, 0.2) is 5.69 Å². The van der Waals surface area contributed by atoms with Crippen molar-refractivity contribution in [1.29, 1.82) is 0 Å². The van der Waals surface area contributed by atoms with E-state index in [0.29, 0.717) is 18.8 Å². The van der Waals surface area contributed by atoms with Crippen LogP contribution < -0.4 is 5.32 Å². The number of hydrogen-bond acceptors (Lipinski definition) is 5. The number of halogens is 1. The molecule has 1 N–H and O–H groups in total. The largest absolute Gasteiger partial charge is 0.365 e. The fraction of sp³-hybridized carbons (Fsp3) is 0.250. The maximum atomic E-state index is 13.1. The lowest BCUT2D eigenvalue weighted by atomic mass is 10.1. The first-order chi connectivity index (χ1) is 13.6. The SMILES string of the molecule is CSc1ccc(CNC(=O)c2nnn3c2CO[C@@H](c2ccc(F)cc2)C3)cc1. The van der Waals surface area contributed by atoms with Gasteiger partial charge >= 0.3 is 0 Å². The van der Waals surface area contributed by atoms with Gasteiger partial charge in [0.1, 0.15) is 11.9 Å². The van der Waals surface area contributed by atoms with Crippen LogP contribution in [0.4, 0.5) is 4.39 Å². The lowest BCUT2D eigenvalue weighted by Gasteiger charge is -2.24. The molecule has 28 heavy (non-hydrogen) atoms. The van der Waals surface area contributed by atoms with E-state index in [4.69, 9.17) is 4.74 Å². The first kappa shape index (κ1) is 18.6. The molecule has 0 unspecified atom stereocenters. The van der Waals surface area contributed by atoms with Crippen molar-refractivity contribution in [3.8, 4) is 0 Å². The molecule has 8 heteroatoms. The molecular weight excluding hydrogens is 379 g/mol. The summed E-state index contributed by atoms with van der Waals surface area (Å²) < 4.78 is 20.6. The third-order valence-electron chi connectivity index (χ3n) is 4.67. The lowest BCUT2D eigenvalue weighted by Crippen LogP contribution is -2.27. The number of aromatic nitrogens is 3.